The van der Waals surface area contributed by atoms with E-state index in [1.54, 1.807) is 0 Å². The molecule has 8 atom stereocenters. The van der Waals surface area contributed by atoms with Crippen LogP contribution < -0.4 is 35.9 Å². The number of allylic oxidation sites excluding steroid dienone is 2. The fourth-order valence-corrected chi connectivity index (χ4v) is 8.93. The topological polar surface area (TPSA) is 375 Å². The van der Waals surface area contributed by atoms with Crippen LogP contribution in [-0.2, 0) is 50.7 Å². The smallest absolute Gasteiger partial charge is 0.274 e. The van der Waals surface area contributed by atoms with Crippen LogP contribution in [0, 0.1) is 11.3 Å². The number of nitrogens with two attached hydrogens (primary N) is 1. The van der Waals surface area contributed by atoms with E-state index >= 15 is 0 Å². The first-order chi connectivity index (χ1) is 26.1. The second-order valence-corrected chi connectivity index (χ2v) is 18.3. The molecule has 1 aliphatic heterocycles. The number of rotatable bonds is 20. The van der Waals surface area contributed by atoms with E-state index in [1.807, 2.05) is 12.2 Å². The second-order valence-electron chi connectivity index (χ2n) is 13.1. The molecule has 0 bridgehead atoms. The monoisotopic (exact) mass is 871 g/mol. The summed E-state index contributed by atoms with van der Waals surface area (Å²) in [6.07, 6.45) is -1.02. The molecule has 314 valence electrons. The van der Waals surface area contributed by atoms with E-state index in [4.69, 9.17) is 10.5 Å². The zero-order chi connectivity index (χ0) is 41.5. The molecule has 1 aliphatic carbocycles. The minimum atomic E-state index is -5.91. The minimum Gasteiger partial charge on any atom is -0.790 e. The van der Waals surface area contributed by atoms with Crippen molar-refractivity contribution in [2.75, 3.05) is 37.8 Å². The highest BCUT2D eigenvalue weighted by Crippen LogP contribution is 2.56. The number of carbonyl (C=O) groups excluding carboxylic acids is 3. The standard InChI is InChI=1S/C28H44N7O17P3S/c1-28(2,22(38)25(39)31-9-8-18(36)30-10-11-56-27(40)16-6-4-3-5-7-16)13-49-55(46,47)52-54(44,45)48-12-17-21(51-53(41,42)43)20(37)26(50-17)35-15-34-19-23(29)32-14-33-24(19)35/h4,6,14-17,20-22,26,37-38H,3,5,7-13H2,1-2H3,(H,30,36)(H,31,39)(H,44,45)(H,46,47)(H2,29,32,33)(H2,41,42,43)/p-4/t16?,17-,20-,21-,22+,26-/m1/s1. The number of phosphoric acid groups is 3. The summed E-state index contributed by atoms with van der Waals surface area (Å²) in [6, 6.07) is 0. The molecule has 3 heterocycles. The van der Waals surface area contributed by atoms with Crippen molar-refractivity contribution in [1.82, 2.24) is 30.2 Å². The van der Waals surface area contributed by atoms with Crippen LogP contribution >= 0.6 is 35.2 Å². The average Bonchev–Trinajstić information content (AvgIpc) is 3.68. The van der Waals surface area contributed by atoms with Gasteiger partial charge in [0.2, 0.25) is 11.8 Å². The lowest BCUT2D eigenvalue weighted by Crippen LogP contribution is -2.46. The number of aliphatic hydroxyl groups is 2. The number of amides is 2. The van der Waals surface area contributed by atoms with E-state index in [-0.39, 0.29) is 47.5 Å². The summed E-state index contributed by atoms with van der Waals surface area (Å²) in [6.45, 7) is 0.137. The predicted molar refractivity (Wildman–Crippen MR) is 185 cm³/mol. The van der Waals surface area contributed by atoms with Gasteiger partial charge in [-0.1, -0.05) is 37.8 Å². The van der Waals surface area contributed by atoms with Gasteiger partial charge in [0.15, 0.2) is 22.8 Å². The first kappa shape index (κ1) is 46.0. The van der Waals surface area contributed by atoms with Gasteiger partial charge < -0.3 is 69.0 Å². The Balaban J connectivity index is 1.23. The van der Waals surface area contributed by atoms with Crippen molar-refractivity contribution >= 4 is 69.1 Å². The van der Waals surface area contributed by atoms with Crippen LogP contribution in [0.15, 0.2) is 24.8 Å². The molecular weight excluding hydrogens is 831 g/mol. The maximum atomic E-state index is 12.5. The van der Waals surface area contributed by atoms with E-state index in [2.05, 4.69) is 43.5 Å². The van der Waals surface area contributed by atoms with Crippen LogP contribution in [0.1, 0.15) is 45.8 Å². The third kappa shape index (κ3) is 13.2. The van der Waals surface area contributed by atoms with Crippen molar-refractivity contribution in [3.8, 4) is 0 Å². The molecule has 3 unspecified atom stereocenters. The zero-order valence-electron chi connectivity index (χ0n) is 29.8. The van der Waals surface area contributed by atoms with Crippen LogP contribution in [0.5, 0.6) is 0 Å². The highest BCUT2D eigenvalue weighted by atomic mass is 32.2. The van der Waals surface area contributed by atoms with Gasteiger partial charge in [0.25, 0.3) is 15.6 Å². The Hall–Kier alpha value is -2.70. The fourth-order valence-electron chi connectivity index (χ4n) is 5.37. The van der Waals surface area contributed by atoms with Gasteiger partial charge in [-0.25, -0.2) is 19.3 Å². The number of fused-ring (bicyclic) bond motifs is 1. The van der Waals surface area contributed by atoms with Crippen molar-refractivity contribution in [3.05, 3.63) is 24.8 Å². The van der Waals surface area contributed by atoms with Gasteiger partial charge in [0.05, 0.1) is 27.4 Å². The van der Waals surface area contributed by atoms with Crippen molar-refractivity contribution in [1.29, 1.82) is 0 Å². The second kappa shape index (κ2) is 19.4. The van der Waals surface area contributed by atoms with Crippen LogP contribution in [0.2, 0.25) is 0 Å². The number of aliphatic hydroxyl groups excluding tert-OH is 2. The summed E-state index contributed by atoms with van der Waals surface area (Å²) >= 11 is 1.11. The summed E-state index contributed by atoms with van der Waals surface area (Å²) in [5, 5.41) is 26.3. The summed E-state index contributed by atoms with van der Waals surface area (Å²) in [5.41, 5.74) is 4.07. The van der Waals surface area contributed by atoms with Gasteiger partial charge in [0.1, 0.15) is 36.3 Å². The summed E-state index contributed by atoms with van der Waals surface area (Å²) in [7, 11) is -17.6. The molecule has 1 saturated heterocycles. The lowest BCUT2D eigenvalue weighted by molar-refractivity contribution is -0.347. The molecule has 0 saturated carbocycles. The number of imidazole rings is 1. The molecule has 4 rings (SSSR count). The molecule has 28 heteroatoms. The number of thioether (sulfide) groups is 1. The van der Waals surface area contributed by atoms with E-state index in [0.29, 0.717) is 5.75 Å². The molecule has 1 fully saturated rings. The Labute approximate surface area is 323 Å². The fraction of sp³-hybridized carbons (Fsp3) is 0.643. The lowest BCUT2D eigenvalue weighted by Gasteiger charge is -2.36. The summed E-state index contributed by atoms with van der Waals surface area (Å²) < 4.78 is 60.5. The van der Waals surface area contributed by atoms with Gasteiger partial charge in [-0.3, -0.25) is 28.1 Å². The van der Waals surface area contributed by atoms with Crippen molar-refractivity contribution in [2.24, 2.45) is 11.3 Å². The molecule has 2 aromatic heterocycles. The maximum Gasteiger partial charge on any atom is 0.274 e. The Morgan fingerprint density at radius 2 is 1.82 bits per heavy atom. The van der Waals surface area contributed by atoms with E-state index < -0.39 is 84.6 Å². The molecule has 56 heavy (non-hydrogen) atoms. The quantitative estimate of drug-likeness (QED) is 0.0521. The third-order valence-corrected chi connectivity index (χ3v) is 12.3. The van der Waals surface area contributed by atoms with Gasteiger partial charge in [0, 0.05) is 36.6 Å². The number of hydrogen-bond acceptors (Lipinski definition) is 22. The molecule has 0 aromatic carbocycles. The molecule has 0 radical (unpaired) electrons. The van der Waals surface area contributed by atoms with Crippen LogP contribution in [0.25, 0.3) is 11.2 Å². The normalized spacial score (nSPS) is 24.3. The Morgan fingerprint density at radius 3 is 2.50 bits per heavy atom. The first-order valence-corrected chi connectivity index (χ1v) is 22.1. The third-order valence-electron chi connectivity index (χ3n) is 8.28. The van der Waals surface area contributed by atoms with E-state index in [0.717, 1.165) is 48.2 Å². The van der Waals surface area contributed by atoms with Crippen LogP contribution in [0.4, 0.5) is 5.82 Å². The summed E-state index contributed by atoms with van der Waals surface area (Å²) in [5.74, 6) is -1.30. The number of aromatic nitrogens is 4. The molecule has 24 nitrogen and oxygen atoms in total. The number of anilines is 1. The highest BCUT2D eigenvalue weighted by molar-refractivity contribution is 8.13. The number of nitrogen functional groups attached to an aromatic ring is 1. The van der Waals surface area contributed by atoms with Gasteiger partial charge in [-0.2, -0.15) is 0 Å². The number of hydrogen-bond donors (Lipinski definition) is 5. The lowest BCUT2D eigenvalue weighted by atomic mass is 9.87. The predicted octanol–water partition coefficient (Wildman–Crippen LogP) is -2.51. The van der Waals surface area contributed by atoms with Crippen LogP contribution in [0.3, 0.4) is 0 Å². The van der Waals surface area contributed by atoms with Gasteiger partial charge in [-0.15, -0.1) is 0 Å². The van der Waals surface area contributed by atoms with Crippen molar-refractivity contribution < 1.29 is 80.5 Å². The van der Waals surface area contributed by atoms with Crippen molar-refractivity contribution in [3.63, 3.8) is 0 Å². The Morgan fingerprint density at radius 1 is 1.11 bits per heavy atom. The maximum absolute atomic E-state index is 12.5. The molecule has 2 amide bonds. The number of ether oxygens (including phenoxy) is 1. The highest BCUT2D eigenvalue weighted by Gasteiger charge is 2.47. The number of nitrogens with zero attached hydrogens (tertiary/aromatic N) is 4. The largest absolute Gasteiger partial charge is 0.790 e. The Bertz CT molecular complexity index is 1900. The molecular formula is C28H40N7O17P3S-4. The Kier molecular flexibility index (Phi) is 15.9. The SMILES string of the molecule is CC(C)(COP(=O)([O-])OP(=O)([O-])OC[C@H]1O[C@@H](n2cnc3c(N)ncnc32)[C@H](O)[C@@H]1OP(=O)([O-])[O-])[C@@H](O)C(=O)NCCC(=O)NCCSC(=O)C1C=CCCC1. The number of nitrogens with one attached hydrogen (secondary N) is 2. The summed E-state index contributed by atoms with van der Waals surface area (Å²) in [4.78, 5) is 96.3. The van der Waals surface area contributed by atoms with Gasteiger partial charge >= 0.3 is 0 Å². The van der Waals surface area contributed by atoms with E-state index in [9.17, 15) is 57.9 Å². The van der Waals surface area contributed by atoms with Crippen LogP contribution in [-0.4, -0.2) is 103 Å². The van der Waals surface area contributed by atoms with E-state index in [1.165, 1.54) is 13.8 Å². The number of carbonyl (C=O) groups is 3. The van der Waals surface area contributed by atoms with Crippen molar-refractivity contribution in [2.45, 2.75) is 70.2 Å². The first-order valence-electron chi connectivity index (χ1n) is 16.7. The molecule has 2 aromatic rings. The average molecular weight is 872 g/mol. The number of phosphoric ester groups is 3. The molecule has 0 spiro atoms. The zero-order valence-corrected chi connectivity index (χ0v) is 33.3. The minimum absolute atomic E-state index is 0.0201. The van der Waals surface area contributed by atoms with Gasteiger partial charge in [-0.05, 0) is 19.3 Å². The molecule has 6 N–H and O–H groups in total. The molecule has 2 aliphatic rings.